The van der Waals surface area contributed by atoms with Gasteiger partial charge in [-0.05, 0) is 12.0 Å². The van der Waals surface area contributed by atoms with Crippen LogP contribution in [0.5, 0.6) is 5.75 Å². The Morgan fingerprint density at radius 1 is 1.25 bits per heavy atom. The number of H-pyrrole nitrogens is 1. The zero-order valence-electron chi connectivity index (χ0n) is 16.2. The molecule has 1 unspecified atom stereocenters. The van der Waals surface area contributed by atoms with Crippen molar-refractivity contribution >= 4 is 11.8 Å². The number of aromatic nitrogens is 1. The Kier molecular flexibility index (Phi) is 6.13. The summed E-state index contributed by atoms with van der Waals surface area (Å²) in [4.78, 5) is 44.0. The molecule has 1 aliphatic rings. The van der Waals surface area contributed by atoms with Gasteiger partial charge in [-0.1, -0.05) is 37.3 Å². The Morgan fingerprint density at radius 2 is 2.00 bits per heavy atom. The van der Waals surface area contributed by atoms with Gasteiger partial charge in [0.1, 0.15) is 5.69 Å². The molecule has 1 atom stereocenters. The van der Waals surface area contributed by atoms with E-state index in [4.69, 9.17) is 4.74 Å². The molecule has 0 spiro atoms. The van der Waals surface area contributed by atoms with Crippen molar-refractivity contribution in [3.05, 3.63) is 64.1 Å². The van der Waals surface area contributed by atoms with E-state index in [2.05, 4.69) is 4.98 Å². The third kappa shape index (κ3) is 4.24. The molecule has 1 N–H and O–H groups in total. The van der Waals surface area contributed by atoms with Gasteiger partial charge in [-0.2, -0.15) is 0 Å². The van der Waals surface area contributed by atoms with Gasteiger partial charge in [0.2, 0.25) is 11.3 Å². The van der Waals surface area contributed by atoms with Crippen molar-refractivity contribution in [2.75, 3.05) is 20.2 Å². The van der Waals surface area contributed by atoms with E-state index in [0.717, 1.165) is 12.0 Å². The van der Waals surface area contributed by atoms with E-state index in [-0.39, 0.29) is 41.1 Å². The molecular formula is C21H25N3O4. The van der Waals surface area contributed by atoms with Crippen molar-refractivity contribution in [3.8, 4) is 5.75 Å². The number of hydrogen-bond donors (Lipinski definition) is 1. The molecule has 1 saturated heterocycles. The first-order chi connectivity index (χ1) is 13.5. The SMILES string of the molecule is CCC1CN(C(=O)c2cc(=O)c(OC)c[nH]2)CCC(=O)N1Cc1ccccc1. The number of pyridine rings is 1. The Bertz CT molecular complexity index is 894. The Labute approximate surface area is 163 Å². The third-order valence-electron chi connectivity index (χ3n) is 5.07. The number of carbonyl (C=O) groups is 2. The van der Waals surface area contributed by atoms with E-state index < -0.39 is 0 Å². The molecule has 0 bridgehead atoms. The van der Waals surface area contributed by atoms with Crippen LogP contribution in [-0.2, 0) is 11.3 Å². The standard InChI is InChI=1S/C21H25N3O4/c1-3-16-14-23(21(27)17-11-18(25)19(28-2)12-22-17)10-9-20(26)24(16)13-15-7-5-4-6-8-15/h4-8,11-12,16H,3,9-10,13-14H2,1-2H3,(H,22,25). The quantitative estimate of drug-likeness (QED) is 0.857. The lowest BCUT2D eigenvalue weighted by Crippen LogP contribution is -2.44. The van der Waals surface area contributed by atoms with Gasteiger partial charge in [-0.3, -0.25) is 14.4 Å². The zero-order chi connectivity index (χ0) is 20.1. The summed E-state index contributed by atoms with van der Waals surface area (Å²) in [7, 11) is 1.40. The van der Waals surface area contributed by atoms with Crippen LogP contribution < -0.4 is 10.2 Å². The second-order valence-electron chi connectivity index (χ2n) is 6.85. The van der Waals surface area contributed by atoms with Crippen molar-refractivity contribution in [1.29, 1.82) is 0 Å². The minimum Gasteiger partial charge on any atom is -0.491 e. The largest absolute Gasteiger partial charge is 0.491 e. The highest BCUT2D eigenvalue weighted by atomic mass is 16.5. The number of nitrogens with one attached hydrogen (secondary N) is 1. The average Bonchev–Trinajstić information content (AvgIpc) is 2.87. The van der Waals surface area contributed by atoms with Crippen molar-refractivity contribution in [2.45, 2.75) is 32.4 Å². The molecule has 1 fully saturated rings. The van der Waals surface area contributed by atoms with Gasteiger partial charge >= 0.3 is 0 Å². The molecule has 0 saturated carbocycles. The minimum atomic E-state index is -0.353. The number of aromatic amines is 1. The number of benzene rings is 1. The van der Waals surface area contributed by atoms with Crippen molar-refractivity contribution in [2.24, 2.45) is 0 Å². The number of rotatable bonds is 5. The average molecular weight is 383 g/mol. The molecule has 28 heavy (non-hydrogen) atoms. The van der Waals surface area contributed by atoms with E-state index in [0.29, 0.717) is 19.6 Å². The highest BCUT2D eigenvalue weighted by Gasteiger charge is 2.31. The third-order valence-corrected chi connectivity index (χ3v) is 5.07. The molecule has 1 aromatic carbocycles. The van der Waals surface area contributed by atoms with Crippen LogP contribution >= 0.6 is 0 Å². The maximum Gasteiger partial charge on any atom is 0.270 e. The van der Waals surface area contributed by atoms with E-state index in [1.54, 1.807) is 4.90 Å². The molecule has 2 amide bonds. The summed E-state index contributed by atoms with van der Waals surface area (Å²) in [5, 5.41) is 0. The molecule has 7 heteroatoms. The Hall–Kier alpha value is -3.09. The molecule has 2 heterocycles. The molecule has 148 valence electrons. The Balaban J connectivity index is 1.79. The van der Waals surface area contributed by atoms with Crippen molar-refractivity contribution < 1.29 is 14.3 Å². The van der Waals surface area contributed by atoms with Crippen LogP contribution in [0.15, 0.2) is 47.4 Å². The number of carbonyl (C=O) groups excluding carboxylic acids is 2. The summed E-state index contributed by atoms with van der Waals surface area (Å²) in [5.41, 5.74) is 0.909. The summed E-state index contributed by atoms with van der Waals surface area (Å²) in [6, 6.07) is 11.0. The smallest absolute Gasteiger partial charge is 0.270 e. The second kappa shape index (κ2) is 8.73. The van der Waals surface area contributed by atoms with Crippen molar-refractivity contribution in [1.82, 2.24) is 14.8 Å². The molecule has 7 nitrogen and oxygen atoms in total. The van der Waals surface area contributed by atoms with Gasteiger partial charge in [-0.25, -0.2) is 0 Å². The summed E-state index contributed by atoms with van der Waals surface area (Å²) < 4.78 is 4.94. The van der Waals surface area contributed by atoms with Crippen LogP contribution in [0.25, 0.3) is 0 Å². The number of hydrogen-bond acceptors (Lipinski definition) is 4. The van der Waals surface area contributed by atoms with E-state index >= 15 is 0 Å². The number of nitrogens with zero attached hydrogens (tertiary/aromatic N) is 2. The summed E-state index contributed by atoms with van der Waals surface area (Å²) in [5.74, 6) is -0.0927. The fourth-order valence-electron chi connectivity index (χ4n) is 3.47. The molecule has 1 aromatic heterocycles. The molecular weight excluding hydrogens is 358 g/mol. The highest BCUT2D eigenvalue weighted by molar-refractivity contribution is 5.93. The predicted molar refractivity (Wildman–Crippen MR) is 105 cm³/mol. The fourth-order valence-corrected chi connectivity index (χ4v) is 3.47. The second-order valence-corrected chi connectivity index (χ2v) is 6.85. The van der Waals surface area contributed by atoms with Crippen LogP contribution in [0.1, 0.15) is 35.8 Å². The van der Waals surface area contributed by atoms with Crippen molar-refractivity contribution in [3.63, 3.8) is 0 Å². The predicted octanol–water partition coefficient (Wildman–Crippen LogP) is 2.04. The fraction of sp³-hybridized carbons (Fsp3) is 0.381. The van der Waals surface area contributed by atoms with E-state index in [1.165, 1.54) is 19.4 Å². The monoisotopic (exact) mass is 383 g/mol. The summed E-state index contributed by atoms with van der Waals surface area (Å²) in [6.45, 7) is 3.30. The number of amides is 2. The zero-order valence-corrected chi connectivity index (χ0v) is 16.2. The minimum absolute atomic E-state index is 0.0363. The van der Waals surface area contributed by atoms with Gasteiger partial charge in [0.05, 0.1) is 7.11 Å². The van der Waals surface area contributed by atoms with Gasteiger partial charge in [0.15, 0.2) is 5.75 Å². The van der Waals surface area contributed by atoms with Crippen LogP contribution in [0.2, 0.25) is 0 Å². The lowest BCUT2D eigenvalue weighted by atomic mass is 10.1. The lowest BCUT2D eigenvalue weighted by molar-refractivity contribution is -0.133. The summed E-state index contributed by atoms with van der Waals surface area (Å²) >= 11 is 0. The van der Waals surface area contributed by atoms with E-state index in [1.807, 2.05) is 42.2 Å². The highest BCUT2D eigenvalue weighted by Crippen LogP contribution is 2.19. The summed E-state index contributed by atoms with van der Waals surface area (Å²) in [6.07, 6.45) is 2.38. The van der Waals surface area contributed by atoms with Crippen LogP contribution in [0, 0.1) is 0 Å². The normalized spacial score (nSPS) is 17.4. The molecule has 0 aliphatic carbocycles. The lowest BCUT2D eigenvalue weighted by Gasteiger charge is -2.31. The van der Waals surface area contributed by atoms with Gasteiger partial charge in [-0.15, -0.1) is 0 Å². The number of methoxy groups -OCH3 is 1. The van der Waals surface area contributed by atoms with Gasteiger partial charge in [0, 0.05) is 44.4 Å². The first-order valence-corrected chi connectivity index (χ1v) is 9.42. The van der Waals surface area contributed by atoms with Crippen LogP contribution in [-0.4, -0.2) is 52.8 Å². The topological polar surface area (TPSA) is 82.7 Å². The molecule has 2 aromatic rings. The maximum atomic E-state index is 12.9. The molecule has 1 aliphatic heterocycles. The first kappa shape index (κ1) is 19.7. The maximum absolute atomic E-state index is 12.9. The molecule has 0 radical (unpaired) electrons. The van der Waals surface area contributed by atoms with Gasteiger partial charge in [0.25, 0.3) is 5.91 Å². The van der Waals surface area contributed by atoms with Crippen LogP contribution in [0.4, 0.5) is 0 Å². The molecule has 3 rings (SSSR count). The number of ether oxygens (including phenoxy) is 1. The van der Waals surface area contributed by atoms with Gasteiger partial charge < -0.3 is 19.5 Å². The Morgan fingerprint density at radius 3 is 2.64 bits per heavy atom. The van der Waals surface area contributed by atoms with Crippen LogP contribution in [0.3, 0.4) is 0 Å². The first-order valence-electron chi connectivity index (χ1n) is 9.42. The van der Waals surface area contributed by atoms with E-state index in [9.17, 15) is 14.4 Å².